The second-order valence-electron chi connectivity index (χ2n) is 5.60. The third-order valence-electron chi connectivity index (χ3n) is 4.21. The topological polar surface area (TPSA) is 26.8 Å². The van der Waals surface area contributed by atoms with Gasteiger partial charge >= 0.3 is 0 Å². The lowest BCUT2D eigenvalue weighted by Crippen LogP contribution is -2.39. The van der Waals surface area contributed by atoms with Crippen LogP contribution in [0.3, 0.4) is 0 Å². The summed E-state index contributed by atoms with van der Waals surface area (Å²) in [5, 5.41) is 0. The molecule has 0 aromatic rings. The van der Waals surface area contributed by atoms with E-state index in [1.165, 1.54) is 45.4 Å². The smallest absolute Gasteiger partial charge is 0.219 e. The van der Waals surface area contributed by atoms with Gasteiger partial charge in [0, 0.05) is 39.6 Å². The molecule has 0 spiro atoms. The number of carbonyl (C=O) groups excluding carboxylic acids is 1. The van der Waals surface area contributed by atoms with Crippen LogP contribution in [0.15, 0.2) is 0 Å². The van der Waals surface area contributed by atoms with Crippen molar-refractivity contribution in [2.75, 3.05) is 52.4 Å². The number of amides is 1. The summed E-state index contributed by atoms with van der Waals surface area (Å²) in [4.78, 5) is 18.5. The zero-order valence-electron chi connectivity index (χ0n) is 11.7. The van der Waals surface area contributed by atoms with Crippen LogP contribution in [0.25, 0.3) is 0 Å². The number of carbonyl (C=O) groups is 1. The van der Waals surface area contributed by atoms with Crippen molar-refractivity contribution in [1.82, 2.24) is 14.7 Å². The van der Waals surface area contributed by atoms with E-state index < -0.39 is 0 Å². The van der Waals surface area contributed by atoms with Gasteiger partial charge in [0.1, 0.15) is 0 Å². The van der Waals surface area contributed by atoms with Crippen LogP contribution < -0.4 is 0 Å². The van der Waals surface area contributed by atoms with Gasteiger partial charge in [-0.3, -0.25) is 4.79 Å². The predicted molar refractivity (Wildman–Crippen MR) is 73.6 cm³/mol. The van der Waals surface area contributed by atoms with Crippen molar-refractivity contribution in [1.29, 1.82) is 0 Å². The molecule has 2 heterocycles. The molecule has 0 unspecified atom stereocenters. The van der Waals surface area contributed by atoms with Crippen LogP contribution in [0.2, 0.25) is 0 Å². The molecule has 4 heteroatoms. The highest BCUT2D eigenvalue weighted by Crippen LogP contribution is 2.09. The fourth-order valence-corrected chi connectivity index (χ4v) is 2.98. The number of rotatable bonds is 3. The van der Waals surface area contributed by atoms with Gasteiger partial charge in [-0.05, 0) is 38.9 Å². The molecule has 2 rings (SSSR count). The third kappa shape index (κ3) is 4.25. The van der Waals surface area contributed by atoms with Crippen molar-refractivity contribution < 1.29 is 4.79 Å². The standard InChI is InChI=1S/C14H27N3O/c1-14(18)17-9-5-8-16(12-13-17)11-10-15-6-3-2-4-7-15/h2-13H2,1H3. The van der Waals surface area contributed by atoms with Crippen LogP contribution in [0.1, 0.15) is 32.6 Å². The summed E-state index contributed by atoms with van der Waals surface area (Å²) in [7, 11) is 0. The minimum absolute atomic E-state index is 0.230. The fraction of sp³-hybridized carbons (Fsp3) is 0.929. The molecule has 18 heavy (non-hydrogen) atoms. The van der Waals surface area contributed by atoms with E-state index in [2.05, 4.69) is 9.80 Å². The Morgan fingerprint density at radius 3 is 2.06 bits per heavy atom. The van der Waals surface area contributed by atoms with Gasteiger partial charge in [0.25, 0.3) is 0 Å². The van der Waals surface area contributed by atoms with Crippen LogP contribution in [-0.4, -0.2) is 73.0 Å². The fourth-order valence-electron chi connectivity index (χ4n) is 2.98. The maximum atomic E-state index is 11.4. The molecular formula is C14H27N3O. The minimum Gasteiger partial charge on any atom is -0.342 e. The van der Waals surface area contributed by atoms with Gasteiger partial charge in [-0.25, -0.2) is 0 Å². The Hall–Kier alpha value is -0.610. The Kier molecular flexibility index (Phi) is 5.45. The maximum absolute atomic E-state index is 11.4. The largest absolute Gasteiger partial charge is 0.342 e. The quantitative estimate of drug-likeness (QED) is 0.751. The second kappa shape index (κ2) is 7.10. The van der Waals surface area contributed by atoms with E-state index in [-0.39, 0.29) is 5.91 Å². The Morgan fingerprint density at radius 2 is 1.39 bits per heavy atom. The van der Waals surface area contributed by atoms with Crippen LogP contribution in [0, 0.1) is 0 Å². The van der Waals surface area contributed by atoms with Gasteiger partial charge in [-0.2, -0.15) is 0 Å². The zero-order valence-corrected chi connectivity index (χ0v) is 11.7. The molecule has 1 amide bonds. The molecule has 0 radical (unpaired) electrons. The van der Waals surface area contributed by atoms with Crippen LogP contribution in [0.4, 0.5) is 0 Å². The summed E-state index contributed by atoms with van der Waals surface area (Å²) >= 11 is 0. The van der Waals surface area contributed by atoms with Crippen molar-refractivity contribution in [2.45, 2.75) is 32.6 Å². The van der Waals surface area contributed by atoms with Gasteiger partial charge in [0.05, 0.1) is 0 Å². The van der Waals surface area contributed by atoms with Crippen LogP contribution in [0.5, 0.6) is 0 Å². The van der Waals surface area contributed by atoms with Gasteiger partial charge in [0.2, 0.25) is 5.91 Å². The Balaban J connectivity index is 1.68. The molecule has 2 saturated heterocycles. The van der Waals surface area contributed by atoms with Crippen molar-refractivity contribution in [2.24, 2.45) is 0 Å². The van der Waals surface area contributed by atoms with Crippen molar-refractivity contribution in [3.05, 3.63) is 0 Å². The van der Waals surface area contributed by atoms with Gasteiger partial charge in [0.15, 0.2) is 0 Å². The normalized spacial score (nSPS) is 23.9. The predicted octanol–water partition coefficient (Wildman–Crippen LogP) is 1.03. The first-order chi connectivity index (χ1) is 8.75. The number of hydrogen-bond acceptors (Lipinski definition) is 3. The maximum Gasteiger partial charge on any atom is 0.219 e. The average molecular weight is 253 g/mol. The lowest BCUT2D eigenvalue weighted by Gasteiger charge is -2.29. The lowest BCUT2D eigenvalue weighted by molar-refractivity contribution is -0.128. The van der Waals surface area contributed by atoms with Crippen molar-refractivity contribution in [3.63, 3.8) is 0 Å². The molecule has 0 saturated carbocycles. The SMILES string of the molecule is CC(=O)N1CCCN(CCN2CCCCC2)CC1. The Bertz CT molecular complexity index is 264. The molecule has 0 atom stereocenters. The van der Waals surface area contributed by atoms with Gasteiger partial charge in [-0.15, -0.1) is 0 Å². The summed E-state index contributed by atoms with van der Waals surface area (Å²) in [5.74, 6) is 0.230. The van der Waals surface area contributed by atoms with E-state index in [1.54, 1.807) is 6.92 Å². The highest BCUT2D eigenvalue weighted by Gasteiger charge is 2.17. The summed E-state index contributed by atoms with van der Waals surface area (Å²) in [6.07, 6.45) is 5.28. The Morgan fingerprint density at radius 1 is 0.778 bits per heavy atom. The first kappa shape index (κ1) is 13.8. The van der Waals surface area contributed by atoms with E-state index in [0.717, 1.165) is 32.6 Å². The van der Waals surface area contributed by atoms with Crippen molar-refractivity contribution in [3.8, 4) is 0 Å². The second-order valence-corrected chi connectivity index (χ2v) is 5.60. The number of likely N-dealkylation sites (tertiary alicyclic amines) is 1. The zero-order chi connectivity index (χ0) is 12.8. The summed E-state index contributed by atoms with van der Waals surface area (Å²) in [6.45, 7) is 10.7. The number of nitrogens with zero attached hydrogens (tertiary/aromatic N) is 3. The molecule has 4 nitrogen and oxygen atoms in total. The van der Waals surface area contributed by atoms with E-state index >= 15 is 0 Å². The monoisotopic (exact) mass is 253 g/mol. The molecule has 2 aliphatic rings. The minimum atomic E-state index is 0.230. The number of piperidine rings is 1. The molecule has 0 N–H and O–H groups in total. The molecule has 0 aliphatic carbocycles. The summed E-state index contributed by atoms with van der Waals surface area (Å²) in [6, 6.07) is 0. The average Bonchev–Trinajstić information content (AvgIpc) is 2.63. The molecule has 2 aliphatic heterocycles. The summed E-state index contributed by atoms with van der Waals surface area (Å²) < 4.78 is 0. The van der Waals surface area contributed by atoms with Gasteiger partial charge < -0.3 is 14.7 Å². The van der Waals surface area contributed by atoms with E-state index in [0.29, 0.717) is 0 Å². The molecular weight excluding hydrogens is 226 g/mol. The Labute approximate surface area is 111 Å². The van der Waals surface area contributed by atoms with Crippen molar-refractivity contribution >= 4 is 5.91 Å². The third-order valence-corrected chi connectivity index (χ3v) is 4.21. The highest BCUT2D eigenvalue weighted by molar-refractivity contribution is 5.73. The van der Waals surface area contributed by atoms with Crippen LogP contribution >= 0.6 is 0 Å². The molecule has 104 valence electrons. The molecule has 2 fully saturated rings. The first-order valence-electron chi connectivity index (χ1n) is 7.46. The van der Waals surface area contributed by atoms with E-state index in [9.17, 15) is 4.79 Å². The number of hydrogen-bond donors (Lipinski definition) is 0. The van der Waals surface area contributed by atoms with E-state index in [4.69, 9.17) is 0 Å². The first-order valence-corrected chi connectivity index (χ1v) is 7.46. The van der Waals surface area contributed by atoms with Gasteiger partial charge in [-0.1, -0.05) is 6.42 Å². The highest BCUT2D eigenvalue weighted by atomic mass is 16.2. The molecule has 0 aromatic heterocycles. The lowest BCUT2D eigenvalue weighted by atomic mass is 10.1. The van der Waals surface area contributed by atoms with E-state index in [1.807, 2.05) is 4.90 Å². The molecule has 0 aromatic carbocycles. The summed E-state index contributed by atoms with van der Waals surface area (Å²) in [5.41, 5.74) is 0. The van der Waals surface area contributed by atoms with Crippen LogP contribution in [-0.2, 0) is 4.79 Å². The molecule has 0 bridgehead atoms.